The van der Waals surface area contributed by atoms with Gasteiger partial charge in [0.1, 0.15) is 11.2 Å². The molecule has 0 saturated heterocycles. The van der Waals surface area contributed by atoms with Gasteiger partial charge in [0.25, 0.3) is 0 Å². The summed E-state index contributed by atoms with van der Waals surface area (Å²) >= 11 is 0. The molecule has 0 amide bonds. The van der Waals surface area contributed by atoms with Crippen LogP contribution in [0.2, 0.25) is 0 Å². The molecule has 2 heterocycles. The number of benzene rings is 8. The molecule has 8 aromatic carbocycles. The van der Waals surface area contributed by atoms with Crippen molar-refractivity contribution in [3.8, 4) is 45.3 Å². The van der Waals surface area contributed by atoms with Crippen molar-refractivity contribution in [3.05, 3.63) is 164 Å². The molecule has 0 radical (unpaired) electrons. The molecule has 0 aliphatic carbocycles. The molecule has 0 saturated carbocycles. The highest BCUT2D eigenvalue weighted by Gasteiger charge is 2.21. The number of nitrogens with zero attached hydrogens (tertiary/aromatic N) is 3. The summed E-state index contributed by atoms with van der Waals surface area (Å²) < 4.78 is 6.53. The van der Waals surface area contributed by atoms with Crippen LogP contribution in [0.15, 0.2) is 168 Å². The average molecular weight is 626 g/mol. The van der Waals surface area contributed by atoms with E-state index in [4.69, 9.17) is 19.4 Å². The van der Waals surface area contributed by atoms with Crippen molar-refractivity contribution in [2.24, 2.45) is 0 Å². The number of hydrogen-bond donors (Lipinski definition) is 0. The maximum Gasteiger partial charge on any atom is 0.164 e. The van der Waals surface area contributed by atoms with Crippen molar-refractivity contribution in [3.63, 3.8) is 0 Å². The minimum Gasteiger partial charge on any atom is -0.455 e. The Labute approximate surface area is 282 Å². The predicted molar refractivity (Wildman–Crippen MR) is 201 cm³/mol. The first-order valence-electron chi connectivity index (χ1n) is 16.5. The first kappa shape index (κ1) is 27.5. The van der Waals surface area contributed by atoms with E-state index in [0.29, 0.717) is 17.5 Å². The lowest BCUT2D eigenvalue weighted by molar-refractivity contribution is 0.672. The molecule has 10 aromatic rings. The van der Waals surface area contributed by atoms with E-state index in [-0.39, 0.29) is 0 Å². The number of aromatic nitrogens is 3. The van der Waals surface area contributed by atoms with Crippen molar-refractivity contribution >= 4 is 54.3 Å². The lowest BCUT2D eigenvalue weighted by atomic mass is 9.92. The zero-order valence-corrected chi connectivity index (χ0v) is 26.3. The summed E-state index contributed by atoms with van der Waals surface area (Å²) in [6.07, 6.45) is 0. The van der Waals surface area contributed by atoms with Crippen LogP contribution in [0.5, 0.6) is 0 Å². The van der Waals surface area contributed by atoms with Crippen LogP contribution in [0.25, 0.3) is 99.5 Å². The third-order valence-corrected chi connectivity index (χ3v) is 9.52. The Morgan fingerprint density at radius 3 is 1.69 bits per heavy atom. The van der Waals surface area contributed by atoms with Gasteiger partial charge in [-0.1, -0.05) is 152 Å². The number of fused-ring (bicyclic) bond motifs is 7. The second-order valence-corrected chi connectivity index (χ2v) is 12.4. The first-order chi connectivity index (χ1) is 24.3. The summed E-state index contributed by atoms with van der Waals surface area (Å²) in [5.41, 5.74) is 6.84. The quantitative estimate of drug-likeness (QED) is 0.195. The summed E-state index contributed by atoms with van der Waals surface area (Å²) in [6, 6.07) is 56.8. The smallest absolute Gasteiger partial charge is 0.164 e. The number of para-hydroxylation sites is 1. The zero-order valence-electron chi connectivity index (χ0n) is 26.3. The molecule has 0 spiro atoms. The van der Waals surface area contributed by atoms with Gasteiger partial charge >= 0.3 is 0 Å². The SMILES string of the molecule is c1ccc(-c2nc(-c3cccc4c(-c5cccc6ccccc56)cccc34)nc(-c3cc4ccccc4c4oc5ccccc5c34)n2)cc1. The highest BCUT2D eigenvalue weighted by atomic mass is 16.3. The van der Waals surface area contributed by atoms with Crippen LogP contribution in [-0.2, 0) is 0 Å². The van der Waals surface area contributed by atoms with E-state index in [1.807, 2.05) is 48.5 Å². The van der Waals surface area contributed by atoms with Crippen LogP contribution in [0.3, 0.4) is 0 Å². The van der Waals surface area contributed by atoms with E-state index in [2.05, 4.69) is 115 Å². The Balaban J connectivity index is 1.26. The molecule has 4 heteroatoms. The molecule has 10 rings (SSSR count). The van der Waals surface area contributed by atoms with Gasteiger partial charge in [0.2, 0.25) is 0 Å². The van der Waals surface area contributed by atoms with E-state index < -0.39 is 0 Å². The van der Waals surface area contributed by atoms with Crippen molar-refractivity contribution in [2.75, 3.05) is 0 Å². The Morgan fingerprint density at radius 1 is 0.347 bits per heavy atom. The fraction of sp³-hybridized carbons (Fsp3) is 0. The molecule has 49 heavy (non-hydrogen) atoms. The van der Waals surface area contributed by atoms with Gasteiger partial charge in [-0.3, -0.25) is 0 Å². The molecule has 0 aliphatic heterocycles. The molecular formula is C45H27N3O. The van der Waals surface area contributed by atoms with E-state index in [9.17, 15) is 0 Å². The third kappa shape index (κ3) is 4.42. The lowest BCUT2D eigenvalue weighted by Crippen LogP contribution is -2.01. The van der Waals surface area contributed by atoms with E-state index in [1.165, 1.54) is 21.9 Å². The third-order valence-electron chi connectivity index (χ3n) is 9.52. The highest BCUT2D eigenvalue weighted by Crippen LogP contribution is 2.42. The number of rotatable bonds is 4. The minimum absolute atomic E-state index is 0.605. The van der Waals surface area contributed by atoms with Crippen LogP contribution >= 0.6 is 0 Å². The summed E-state index contributed by atoms with van der Waals surface area (Å²) in [6.45, 7) is 0. The predicted octanol–water partition coefficient (Wildman–Crippen LogP) is 11.9. The number of hydrogen-bond acceptors (Lipinski definition) is 4. The van der Waals surface area contributed by atoms with Gasteiger partial charge in [-0.15, -0.1) is 0 Å². The molecule has 0 bridgehead atoms. The van der Waals surface area contributed by atoms with Gasteiger partial charge in [0, 0.05) is 32.8 Å². The molecule has 0 aliphatic rings. The fourth-order valence-electron chi connectivity index (χ4n) is 7.27. The van der Waals surface area contributed by atoms with Gasteiger partial charge in [0.15, 0.2) is 17.5 Å². The fourth-order valence-corrected chi connectivity index (χ4v) is 7.27. The Kier molecular flexibility index (Phi) is 6.15. The maximum atomic E-state index is 6.53. The van der Waals surface area contributed by atoms with Gasteiger partial charge in [-0.05, 0) is 50.2 Å². The standard InChI is InChI=1S/C45H27N3O/c1-2-14-29(15-3-1)43-46-44(37-25-12-23-35-34(22-11-24-36(35)37)33-21-10-17-28-13-4-6-18-31(28)33)48-45(47-43)39-27-30-16-5-7-19-32(30)42-41(39)38-20-8-9-26-40(38)49-42/h1-27H. The molecule has 0 fully saturated rings. The summed E-state index contributed by atoms with van der Waals surface area (Å²) in [4.78, 5) is 15.6. The van der Waals surface area contributed by atoms with Crippen LogP contribution in [0, 0.1) is 0 Å². The average Bonchev–Trinajstić information content (AvgIpc) is 3.57. The van der Waals surface area contributed by atoms with Crippen molar-refractivity contribution in [1.82, 2.24) is 15.0 Å². The first-order valence-corrected chi connectivity index (χ1v) is 16.5. The van der Waals surface area contributed by atoms with Crippen molar-refractivity contribution in [1.29, 1.82) is 0 Å². The zero-order chi connectivity index (χ0) is 32.3. The van der Waals surface area contributed by atoms with Gasteiger partial charge < -0.3 is 4.42 Å². The molecule has 228 valence electrons. The Morgan fingerprint density at radius 2 is 0.878 bits per heavy atom. The van der Waals surface area contributed by atoms with Crippen LogP contribution in [0.1, 0.15) is 0 Å². The van der Waals surface area contributed by atoms with Crippen molar-refractivity contribution in [2.45, 2.75) is 0 Å². The molecule has 2 aromatic heterocycles. The monoisotopic (exact) mass is 625 g/mol. The van der Waals surface area contributed by atoms with Crippen LogP contribution in [-0.4, -0.2) is 15.0 Å². The number of furan rings is 1. The normalized spacial score (nSPS) is 11.7. The summed E-state index contributed by atoms with van der Waals surface area (Å²) in [5.74, 6) is 1.85. The maximum absolute atomic E-state index is 6.53. The minimum atomic E-state index is 0.605. The van der Waals surface area contributed by atoms with E-state index in [1.54, 1.807) is 0 Å². The second kappa shape index (κ2) is 11.0. The highest BCUT2D eigenvalue weighted by molar-refractivity contribution is 6.20. The molecule has 0 atom stereocenters. The van der Waals surface area contributed by atoms with Gasteiger partial charge in [-0.25, -0.2) is 15.0 Å². The summed E-state index contributed by atoms with van der Waals surface area (Å²) in [7, 11) is 0. The Hall–Kier alpha value is -6.65. The lowest BCUT2D eigenvalue weighted by Gasteiger charge is -2.14. The molecule has 4 nitrogen and oxygen atoms in total. The van der Waals surface area contributed by atoms with E-state index >= 15 is 0 Å². The molecular weight excluding hydrogens is 599 g/mol. The molecule has 0 unspecified atom stereocenters. The van der Waals surface area contributed by atoms with Gasteiger partial charge in [-0.2, -0.15) is 0 Å². The topological polar surface area (TPSA) is 51.8 Å². The van der Waals surface area contributed by atoms with Crippen LogP contribution in [0.4, 0.5) is 0 Å². The summed E-state index contributed by atoms with van der Waals surface area (Å²) in [5, 5.41) is 8.84. The largest absolute Gasteiger partial charge is 0.455 e. The second-order valence-electron chi connectivity index (χ2n) is 12.4. The molecule has 0 N–H and O–H groups in total. The van der Waals surface area contributed by atoms with Crippen LogP contribution < -0.4 is 0 Å². The Bertz CT molecular complexity index is 2890. The van der Waals surface area contributed by atoms with Gasteiger partial charge in [0.05, 0.1) is 0 Å². The van der Waals surface area contributed by atoms with E-state index in [0.717, 1.165) is 60.2 Å². The van der Waals surface area contributed by atoms with Crippen molar-refractivity contribution < 1.29 is 4.42 Å².